The lowest BCUT2D eigenvalue weighted by Gasteiger charge is -2.23. The van der Waals surface area contributed by atoms with Crippen LogP contribution >= 0.6 is 23.6 Å². The third-order valence-electron chi connectivity index (χ3n) is 4.64. The third-order valence-corrected chi connectivity index (χ3v) is 5.64. The molecule has 146 valence electrons. The predicted molar refractivity (Wildman–Crippen MR) is 113 cm³/mol. The minimum Gasteiger partial charge on any atom is -0.370 e. The first-order valence-electron chi connectivity index (χ1n) is 9.22. The Morgan fingerprint density at radius 2 is 2.26 bits per heavy atom. The van der Waals surface area contributed by atoms with Crippen molar-refractivity contribution in [3.63, 3.8) is 0 Å². The third kappa shape index (κ3) is 5.58. The van der Waals surface area contributed by atoms with Crippen molar-refractivity contribution in [3.05, 3.63) is 34.6 Å². The number of ether oxygens (including phenoxy) is 1. The van der Waals surface area contributed by atoms with Crippen molar-refractivity contribution >= 4 is 34.9 Å². The number of nitrogens with zero attached hydrogens (tertiary/aromatic N) is 3. The highest BCUT2D eigenvalue weighted by Gasteiger charge is 2.13. The first kappa shape index (κ1) is 19.9. The molecular weight excluding hydrogens is 380 g/mol. The van der Waals surface area contributed by atoms with Gasteiger partial charge in [-0.1, -0.05) is 0 Å². The monoisotopic (exact) mass is 407 g/mol. The van der Waals surface area contributed by atoms with Crippen LogP contribution in [0.2, 0.25) is 0 Å². The van der Waals surface area contributed by atoms with E-state index in [1.54, 1.807) is 22.5 Å². The first-order valence-corrected chi connectivity index (χ1v) is 10.5. The van der Waals surface area contributed by atoms with Gasteiger partial charge in [0, 0.05) is 41.5 Å². The molecule has 0 radical (unpaired) electrons. The molecule has 0 bridgehead atoms. The van der Waals surface area contributed by atoms with Crippen LogP contribution in [0.25, 0.3) is 5.13 Å². The average Bonchev–Trinajstić information content (AvgIpc) is 3.28. The molecule has 2 aromatic rings. The van der Waals surface area contributed by atoms with Gasteiger partial charge in [-0.15, -0.1) is 11.3 Å². The molecule has 0 saturated carbocycles. The van der Waals surface area contributed by atoms with Crippen molar-refractivity contribution in [3.8, 4) is 5.13 Å². The molecule has 7 nitrogen and oxygen atoms in total. The Morgan fingerprint density at radius 1 is 1.44 bits per heavy atom. The van der Waals surface area contributed by atoms with E-state index in [1.807, 2.05) is 11.6 Å². The molecule has 0 spiro atoms. The largest absolute Gasteiger partial charge is 0.370 e. The number of hydrogen-bond donors (Lipinski definition) is 3. The lowest BCUT2D eigenvalue weighted by molar-refractivity contribution is -0.908. The van der Waals surface area contributed by atoms with Crippen LogP contribution in [-0.4, -0.2) is 60.3 Å². The minimum atomic E-state index is 0.553. The van der Waals surface area contributed by atoms with E-state index in [9.17, 15) is 0 Å². The second kappa shape index (κ2) is 9.93. The zero-order valence-corrected chi connectivity index (χ0v) is 17.5. The van der Waals surface area contributed by atoms with Gasteiger partial charge in [0.1, 0.15) is 13.1 Å². The number of morpholine rings is 1. The molecular formula is C18H27N6OS2+. The summed E-state index contributed by atoms with van der Waals surface area (Å²) in [5, 5.41) is 11.0. The highest BCUT2D eigenvalue weighted by molar-refractivity contribution is 7.80. The zero-order valence-electron chi connectivity index (χ0n) is 15.8. The van der Waals surface area contributed by atoms with E-state index in [0.29, 0.717) is 5.11 Å². The number of hydrogen-bond acceptors (Lipinski definition) is 5. The fourth-order valence-corrected chi connectivity index (χ4v) is 4.10. The Bertz CT molecular complexity index is 765. The van der Waals surface area contributed by atoms with Crippen LogP contribution in [0.15, 0.2) is 22.7 Å². The molecule has 3 N–H and O–H groups in total. The van der Waals surface area contributed by atoms with Crippen LogP contribution in [0.3, 0.4) is 0 Å². The van der Waals surface area contributed by atoms with Crippen molar-refractivity contribution in [1.82, 2.24) is 20.3 Å². The highest BCUT2D eigenvalue weighted by Crippen LogP contribution is 2.21. The zero-order chi connectivity index (χ0) is 19.1. The van der Waals surface area contributed by atoms with Gasteiger partial charge in [0.2, 0.25) is 0 Å². The summed E-state index contributed by atoms with van der Waals surface area (Å²) in [5.74, 6) is 0. The van der Waals surface area contributed by atoms with Crippen LogP contribution in [0.4, 0.5) is 0 Å². The fraction of sp³-hybridized carbons (Fsp3) is 0.500. The second-order valence-corrected chi connectivity index (χ2v) is 7.85. The Hall–Kier alpha value is -1.81. The van der Waals surface area contributed by atoms with Crippen LogP contribution < -0.4 is 15.6 Å². The summed E-state index contributed by atoms with van der Waals surface area (Å²) in [4.78, 5) is 5.99. The van der Waals surface area contributed by atoms with Gasteiger partial charge in [0.25, 0.3) is 0 Å². The van der Waals surface area contributed by atoms with E-state index in [1.165, 1.54) is 0 Å². The standard InChI is InChI=1S/C18H26N6OS2/c1-14-12-16(15(2)24(14)18-20-5-11-27-18)13-21-22-17(26)19-4-3-6-23-7-9-25-10-8-23/h5,11-13H,3-4,6-10H2,1-2H3,(H2,19,22,26)/p+1/b21-13-. The maximum Gasteiger partial charge on any atom is 0.193 e. The SMILES string of the molecule is Cc1cc(/C=N\NC(=S)NCCC[NH+]2CCOCC2)c(C)n1-c1nccs1. The Labute approximate surface area is 169 Å². The molecule has 0 aliphatic carbocycles. The fourth-order valence-electron chi connectivity index (χ4n) is 3.19. The Kier molecular flexibility index (Phi) is 7.33. The lowest BCUT2D eigenvalue weighted by Crippen LogP contribution is -3.14. The molecule has 0 unspecified atom stereocenters. The molecule has 3 rings (SSSR count). The number of rotatable bonds is 7. The van der Waals surface area contributed by atoms with Crippen LogP contribution in [-0.2, 0) is 4.74 Å². The molecule has 0 atom stereocenters. The van der Waals surface area contributed by atoms with E-state index in [-0.39, 0.29) is 0 Å². The van der Waals surface area contributed by atoms with Gasteiger partial charge in [0.15, 0.2) is 10.2 Å². The van der Waals surface area contributed by atoms with Gasteiger partial charge in [-0.25, -0.2) is 4.98 Å². The molecule has 0 amide bonds. The number of quaternary nitrogens is 1. The predicted octanol–water partition coefficient (Wildman–Crippen LogP) is 0.654. The second-order valence-electron chi connectivity index (χ2n) is 6.57. The van der Waals surface area contributed by atoms with Crippen molar-refractivity contribution in [2.24, 2.45) is 5.10 Å². The van der Waals surface area contributed by atoms with Gasteiger partial charge in [-0.2, -0.15) is 5.10 Å². The Morgan fingerprint density at radius 3 is 3.00 bits per heavy atom. The average molecular weight is 408 g/mol. The summed E-state index contributed by atoms with van der Waals surface area (Å²) < 4.78 is 7.51. The number of thiocarbonyl (C=S) groups is 1. The van der Waals surface area contributed by atoms with Gasteiger partial charge in [-0.05, 0) is 32.1 Å². The molecule has 1 fully saturated rings. The van der Waals surface area contributed by atoms with E-state index in [0.717, 1.165) is 67.9 Å². The smallest absolute Gasteiger partial charge is 0.193 e. The summed E-state index contributed by atoms with van der Waals surface area (Å²) in [5.41, 5.74) is 6.20. The molecule has 1 aliphatic heterocycles. The van der Waals surface area contributed by atoms with Crippen LogP contribution in [0, 0.1) is 13.8 Å². The van der Waals surface area contributed by atoms with E-state index in [2.05, 4.69) is 45.3 Å². The first-order chi connectivity index (χ1) is 13.1. The highest BCUT2D eigenvalue weighted by atomic mass is 32.1. The van der Waals surface area contributed by atoms with Crippen molar-refractivity contribution in [2.75, 3.05) is 39.4 Å². The summed E-state index contributed by atoms with van der Waals surface area (Å²) in [6.45, 7) is 10.1. The molecule has 3 heterocycles. The summed E-state index contributed by atoms with van der Waals surface area (Å²) >= 11 is 6.91. The number of nitrogens with one attached hydrogen (secondary N) is 3. The van der Waals surface area contributed by atoms with Crippen LogP contribution in [0.1, 0.15) is 23.4 Å². The molecule has 0 aromatic carbocycles. The molecule has 1 aliphatic rings. The summed E-state index contributed by atoms with van der Waals surface area (Å²) in [6.07, 6.45) is 4.70. The van der Waals surface area contributed by atoms with Crippen molar-refractivity contribution < 1.29 is 9.64 Å². The Balaban J connectivity index is 1.42. The number of hydrazone groups is 1. The quantitative estimate of drug-likeness (QED) is 0.272. The normalized spacial score (nSPS) is 15.3. The molecule has 1 saturated heterocycles. The maximum absolute atomic E-state index is 5.38. The topological polar surface area (TPSA) is 67.9 Å². The summed E-state index contributed by atoms with van der Waals surface area (Å²) in [7, 11) is 0. The van der Waals surface area contributed by atoms with Gasteiger partial charge >= 0.3 is 0 Å². The number of thiazole rings is 1. The van der Waals surface area contributed by atoms with Crippen molar-refractivity contribution in [1.29, 1.82) is 0 Å². The summed E-state index contributed by atoms with van der Waals surface area (Å²) in [6, 6.07) is 2.10. The number of aromatic nitrogens is 2. The number of aryl methyl sites for hydroxylation is 1. The van der Waals surface area contributed by atoms with E-state index < -0.39 is 0 Å². The van der Waals surface area contributed by atoms with Crippen LogP contribution in [0.5, 0.6) is 0 Å². The van der Waals surface area contributed by atoms with Gasteiger partial charge < -0.3 is 15.0 Å². The van der Waals surface area contributed by atoms with E-state index >= 15 is 0 Å². The van der Waals surface area contributed by atoms with Gasteiger partial charge in [-0.3, -0.25) is 9.99 Å². The molecule has 2 aromatic heterocycles. The molecule has 27 heavy (non-hydrogen) atoms. The lowest BCUT2D eigenvalue weighted by atomic mass is 10.3. The van der Waals surface area contributed by atoms with Gasteiger partial charge in [0.05, 0.1) is 26.0 Å². The molecule has 9 heteroatoms. The van der Waals surface area contributed by atoms with Crippen molar-refractivity contribution in [2.45, 2.75) is 20.3 Å². The maximum atomic E-state index is 5.38. The minimum absolute atomic E-state index is 0.553. The van der Waals surface area contributed by atoms with E-state index in [4.69, 9.17) is 17.0 Å².